The standard InChI is InChI=1S/C23H19NO4/c25-21-12-13-22(26)24(21)20(14-16-6-2-1-3-7-16)23(27)28-19-11-10-17-8-4-5-9-18(17)15-19/h1-11,15,20H,12-14H2/t20-/m0/s1. The van der Waals surface area contributed by atoms with E-state index in [-0.39, 0.29) is 31.1 Å². The first-order valence-electron chi connectivity index (χ1n) is 9.21. The fraction of sp³-hybridized carbons (Fsp3) is 0.174. The van der Waals surface area contributed by atoms with E-state index in [1.807, 2.05) is 60.7 Å². The van der Waals surface area contributed by atoms with Gasteiger partial charge >= 0.3 is 5.97 Å². The molecule has 0 bridgehead atoms. The summed E-state index contributed by atoms with van der Waals surface area (Å²) in [5.41, 5.74) is 0.857. The maximum absolute atomic E-state index is 13.0. The van der Waals surface area contributed by atoms with E-state index in [1.165, 1.54) is 0 Å². The number of likely N-dealkylation sites (tertiary alicyclic amines) is 1. The van der Waals surface area contributed by atoms with Crippen LogP contribution in [-0.4, -0.2) is 28.7 Å². The molecule has 0 radical (unpaired) electrons. The molecule has 3 aromatic carbocycles. The number of esters is 1. The molecule has 0 spiro atoms. The fourth-order valence-electron chi connectivity index (χ4n) is 3.47. The van der Waals surface area contributed by atoms with Gasteiger partial charge in [0.2, 0.25) is 11.8 Å². The third-order valence-corrected chi connectivity index (χ3v) is 4.89. The number of rotatable bonds is 5. The van der Waals surface area contributed by atoms with Gasteiger partial charge in [-0.3, -0.25) is 14.5 Å². The van der Waals surface area contributed by atoms with Crippen molar-refractivity contribution in [2.24, 2.45) is 0 Å². The number of fused-ring (bicyclic) bond motifs is 1. The summed E-state index contributed by atoms with van der Waals surface area (Å²) >= 11 is 0. The van der Waals surface area contributed by atoms with Crippen molar-refractivity contribution in [3.8, 4) is 5.75 Å². The van der Waals surface area contributed by atoms with E-state index in [4.69, 9.17) is 4.74 Å². The highest BCUT2D eigenvalue weighted by molar-refractivity contribution is 6.05. The zero-order chi connectivity index (χ0) is 19.5. The first-order chi connectivity index (χ1) is 13.6. The van der Waals surface area contributed by atoms with Crippen LogP contribution in [0.25, 0.3) is 10.8 Å². The minimum absolute atomic E-state index is 0.132. The summed E-state index contributed by atoms with van der Waals surface area (Å²) in [5, 5.41) is 1.98. The Labute approximate surface area is 162 Å². The van der Waals surface area contributed by atoms with Gasteiger partial charge in [0.15, 0.2) is 0 Å². The summed E-state index contributed by atoms with van der Waals surface area (Å²) < 4.78 is 5.58. The Morgan fingerprint density at radius 1 is 0.857 bits per heavy atom. The van der Waals surface area contributed by atoms with Crippen molar-refractivity contribution in [1.29, 1.82) is 0 Å². The largest absolute Gasteiger partial charge is 0.425 e. The van der Waals surface area contributed by atoms with Crippen molar-refractivity contribution in [2.75, 3.05) is 0 Å². The maximum atomic E-state index is 13.0. The van der Waals surface area contributed by atoms with Crippen LogP contribution < -0.4 is 4.74 Å². The molecule has 140 valence electrons. The van der Waals surface area contributed by atoms with Crippen LogP contribution in [0, 0.1) is 0 Å². The Hall–Kier alpha value is -3.47. The van der Waals surface area contributed by atoms with E-state index in [0.29, 0.717) is 5.75 Å². The molecule has 2 amide bonds. The zero-order valence-corrected chi connectivity index (χ0v) is 15.2. The molecule has 0 N–H and O–H groups in total. The van der Waals surface area contributed by atoms with Crippen LogP contribution in [0.4, 0.5) is 0 Å². The van der Waals surface area contributed by atoms with Crippen LogP contribution in [0.3, 0.4) is 0 Å². The molecule has 0 aromatic heterocycles. The summed E-state index contributed by atoms with van der Waals surface area (Å²) in [6, 6.07) is 21.5. The molecule has 1 heterocycles. The predicted octanol–water partition coefficient (Wildman–Crippen LogP) is 3.51. The maximum Gasteiger partial charge on any atom is 0.335 e. The van der Waals surface area contributed by atoms with Gasteiger partial charge < -0.3 is 4.74 Å². The van der Waals surface area contributed by atoms with Gasteiger partial charge in [0.25, 0.3) is 0 Å². The lowest BCUT2D eigenvalue weighted by Crippen LogP contribution is -2.47. The number of hydrogen-bond donors (Lipinski definition) is 0. The monoisotopic (exact) mass is 373 g/mol. The molecule has 1 atom stereocenters. The Balaban J connectivity index is 1.61. The summed E-state index contributed by atoms with van der Waals surface area (Å²) in [6.07, 6.45) is 0.492. The molecule has 1 aliphatic heterocycles. The molecule has 0 saturated carbocycles. The van der Waals surface area contributed by atoms with Crippen molar-refractivity contribution in [2.45, 2.75) is 25.3 Å². The smallest absolute Gasteiger partial charge is 0.335 e. The molecule has 5 heteroatoms. The Bertz CT molecular complexity index is 1030. The number of imide groups is 1. The highest BCUT2D eigenvalue weighted by Crippen LogP contribution is 2.24. The normalized spacial score (nSPS) is 15.1. The molecule has 0 aliphatic carbocycles. The van der Waals surface area contributed by atoms with Gasteiger partial charge in [0.05, 0.1) is 0 Å². The van der Waals surface area contributed by atoms with Crippen molar-refractivity contribution in [3.63, 3.8) is 0 Å². The molecule has 28 heavy (non-hydrogen) atoms. The van der Waals surface area contributed by atoms with Crippen LogP contribution in [0.1, 0.15) is 18.4 Å². The molecule has 1 saturated heterocycles. The summed E-state index contributed by atoms with van der Waals surface area (Å²) in [5.74, 6) is -0.883. The number of ether oxygens (including phenoxy) is 1. The van der Waals surface area contributed by atoms with E-state index < -0.39 is 12.0 Å². The van der Waals surface area contributed by atoms with Gasteiger partial charge in [-0.15, -0.1) is 0 Å². The summed E-state index contributed by atoms with van der Waals surface area (Å²) in [6.45, 7) is 0. The van der Waals surface area contributed by atoms with E-state index >= 15 is 0 Å². The third kappa shape index (κ3) is 3.64. The average Bonchev–Trinajstić information content (AvgIpc) is 3.05. The minimum atomic E-state index is -0.976. The average molecular weight is 373 g/mol. The topological polar surface area (TPSA) is 63.7 Å². The van der Waals surface area contributed by atoms with Crippen LogP contribution in [-0.2, 0) is 20.8 Å². The lowest BCUT2D eigenvalue weighted by Gasteiger charge is -2.24. The minimum Gasteiger partial charge on any atom is -0.425 e. The lowest BCUT2D eigenvalue weighted by molar-refractivity contribution is -0.152. The summed E-state index contributed by atoms with van der Waals surface area (Å²) in [7, 11) is 0. The lowest BCUT2D eigenvalue weighted by atomic mass is 10.0. The Morgan fingerprint density at radius 3 is 2.21 bits per heavy atom. The van der Waals surface area contributed by atoms with Crippen LogP contribution >= 0.6 is 0 Å². The van der Waals surface area contributed by atoms with Gasteiger partial charge in [0, 0.05) is 19.3 Å². The van der Waals surface area contributed by atoms with E-state index in [0.717, 1.165) is 21.2 Å². The first kappa shape index (κ1) is 17.9. The first-order valence-corrected chi connectivity index (χ1v) is 9.21. The number of benzene rings is 3. The van der Waals surface area contributed by atoms with Gasteiger partial charge in [-0.25, -0.2) is 4.79 Å². The predicted molar refractivity (Wildman–Crippen MR) is 105 cm³/mol. The van der Waals surface area contributed by atoms with Gasteiger partial charge in [-0.1, -0.05) is 60.7 Å². The zero-order valence-electron chi connectivity index (χ0n) is 15.2. The second kappa shape index (κ2) is 7.64. The Kier molecular flexibility index (Phi) is 4.89. The number of carbonyl (C=O) groups excluding carboxylic acids is 3. The second-order valence-corrected chi connectivity index (χ2v) is 6.79. The highest BCUT2D eigenvalue weighted by Gasteiger charge is 2.39. The van der Waals surface area contributed by atoms with Crippen molar-refractivity contribution >= 4 is 28.6 Å². The molecule has 1 aliphatic rings. The molecule has 4 rings (SSSR count). The summed E-state index contributed by atoms with van der Waals surface area (Å²) in [4.78, 5) is 38.5. The molecule has 1 fully saturated rings. The molecule has 3 aromatic rings. The van der Waals surface area contributed by atoms with Gasteiger partial charge in [0.1, 0.15) is 11.8 Å². The SMILES string of the molecule is O=C(Oc1ccc2ccccc2c1)[C@H](Cc1ccccc1)N1C(=O)CCC1=O. The number of carbonyl (C=O) groups is 3. The van der Waals surface area contributed by atoms with Crippen LogP contribution in [0.15, 0.2) is 72.8 Å². The number of hydrogen-bond acceptors (Lipinski definition) is 4. The van der Waals surface area contributed by atoms with E-state index in [9.17, 15) is 14.4 Å². The fourth-order valence-corrected chi connectivity index (χ4v) is 3.47. The molecule has 5 nitrogen and oxygen atoms in total. The van der Waals surface area contributed by atoms with Gasteiger partial charge in [-0.05, 0) is 28.5 Å². The number of amides is 2. The molecular formula is C23H19NO4. The molecular weight excluding hydrogens is 354 g/mol. The van der Waals surface area contributed by atoms with Crippen LogP contribution in [0.2, 0.25) is 0 Å². The quantitative estimate of drug-likeness (QED) is 0.390. The highest BCUT2D eigenvalue weighted by atomic mass is 16.5. The van der Waals surface area contributed by atoms with Gasteiger partial charge in [-0.2, -0.15) is 0 Å². The Morgan fingerprint density at radius 2 is 1.50 bits per heavy atom. The number of nitrogens with zero attached hydrogens (tertiary/aromatic N) is 1. The van der Waals surface area contributed by atoms with Crippen molar-refractivity contribution in [1.82, 2.24) is 4.90 Å². The van der Waals surface area contributed by atoms with E-state index in [2.05, 4.69) is 0 Å². The third-order valence-electron chi connectivity index (χ3n) is 4.89. The van der Waals surface area contributed by atoms with Crippen molar-refractivity contribution in [3.05, 3.63) is 78.4 Å². The van der Waals surface area contributed by atoms with Crippen molar-refractivity contribution < 1.29 is 19.1 Å². The van der Waals surface area contributed by atoms with E-state index in [1.54, 1.807) is 12.1 Å². The second-order valence-electron chi connectivity index (χ2n) is 6.79. The molecule has 0 unspecified atom stereocenters. The van der Waals surface area contributed by atoms with Crippen LogP contribution in [0.5, 0.6) is 5.75 Å².